The van der Waals surface area contributed by atoms with E-state index in [4.69, 9.17) is 9.66 Å². The lowest BCUT2D eigenvalue weighted by Crippen LogP contribution is -2.29. The lowest BCUT2D eigenvalue weighted by molar-refractivity contribution is 0.0980. The SMILES string of the molecule is Cc1cc(C(=O)N2CCc3cc(S(N)(=O)=O)ccc32)no1. The third-order valence-corrected chi connectivity index (χ3v) is 4.28. The van der Waals surface area contributed by atoms with Crippen LogP contribution in [0.25, 0.3) is 0 Å². The number of amides is 1. The summed E-state index contributed by atoms with van der Waals surface area (Å²) in [6.45, 7) is 2.17. The summed E-state index contributed by atoms with van der Waals surface area (Å²) >= 11 is 0. The number of hydrogen-bond acceptors (Lipinski definition) is 5. The number of nitrogens with two attached hydrogens (primary N) is 1. The second-order valence-electron chi connectivity index (χ2n) is 4.87. The topological polar surface area (TPSA) is 106 Å². The van der Waals surface area contributed by atoms with E-state index >= 15 is 0 Å². The molecule has 1 amide bonds. The second-order valence-corrected chi connectivity index (χ2v) is 6.43. The van der Waals surface area contributed by atoms with Gasteiger partial charge in [0.25, 0.3) is 5.91 Å². The van der Waals surface area contributed by atoms with Gasteiger partial charge in [-0.3, -0.25) is 4.79 Å². The maximum atomic E-state index is 12.4. The Morgan fingerprint density at radius 1 is 1.38 bits per heavy atom. The second kappa shape index (κ2) is 4.68. The van der Waals surface area contributed by atoms with Crippen molar-refractivity contribution in [3.8, 4) is 0 Å². The molecule has 0 radical (unpaired) electrons. The van der Waals surface area contributed by atoms with E-state index in [9.17, 15) is 13.2 Å². The maximum absolute atomic E-state index is 12.4. The summed E-state index contributed by atoms with van der Waals surface area (Å²) < 4.78 is 27.6. The summed E-state index contributed by atoms with van der Waals surface area (Å²) in [5.41, 5.74) is 1.68. The van der Waals surface area contributed by atoms with Crippen LogP contribution in [0.15, 0.2) is 33.7 Å². The van der Waals surface area contributed by atoms with Crippen LogP contribution >= 0.6 is 0 Å². The van der Waals surface area contributed by atoms with Gasteiger partial charge in [-0.15, -0.1) is 0 Å². The molecule has 1 aromatic heterocycles. The van der Waals surface area contributed by atoms with E-state index in [-0.39, 0.29) is 16.5 Å². The van der Waals surface area contributed by atoms with Crippen molar-refractivity contribution in [2.24, 2.45) is 5.14 Å². The van der Waals surface area contributed by atoms with Crippen molar-refractivity contribution < 1.29 is 17.7 Å². The number of benzene rings is 1. The van der Waals surface area contributed by atoms with Crippen LogP contribution in [0.2, 0.25) is 0 Å². The van der Waals surface area contributed by atoms with Crippen LogP contribution in [0.1, 0.15) is 21.8 Å². The van der Waals surface area contributed by atoms with Gasteiger partial charge < -0.3 is 9.42 Å². The number of carbonyl (C=O) groups excluding carboxylic acids is 1. The predicted octanol–water partition coefficient (Wildman–Crippen LogP) is 0.833. The van der Waals surface area contributed by atoms with Gasteiger partial charge in [-0.05, 0) is 37.1 Å². The normalized spacial score (nSPS) is 14.3. The van der Waals surface area contributed by atoms with Crippen LogP contribution in [0.3, 0.4) is 0 Å². The molecule has 2 aromatic rings. The van der Waals surface area contributed by atoms with Gasteiger partial charge in [-0.25, -0.2) is 13.6 Å². The predicted molar refractivity (Wildman–Crippen MR) is 74.4 cm³/mol. The molecule has 110 valence electrons. The molecule has 8 heteroatoms. The fourth-order valence-corrected chi connectivity index (χ4v) is 2.94. The summed E-state index contributed by atoms with van der Waals surface area (Å²) in [6, 6.07) is 6.06. The molecule has 3 rings (SSSR count). The number of fused-ring (bicyclic) bond motifs is 1. The molecule has 2 heterocycles. The van der Waals surface area contributed by atoms with Crippen LogP contribution < -0.4 is 10.0 Å². The molecule has 1 aliphatic rings. The molecule has 0 unspecified atom stereocenters. The molecule has 2 N–H and O–H groups in total. The highest BCUT2D eigenvalue weighted by atomic mass is 32.2. The Kier molecular flexibility index (Phi) is 3.07. The minimum atomic E-state index is -3.74. The molecule has 0 saturated heterocycles. The van der Waals surface area contributed by atoms with Crippen molar-refractivity contribution in [2.75, 3.05) is 11.4 Å². The van der Waals surface area contributed by atoms with E-state index in [2.05, 4.69) is 5.16 Å². The van der Waals surface area contributed by atoms with Gasteiger partial charge in [0.2, 0.25) is 10.0 Å². The highest BCUT2D eigenvalue weighted by molar-refractivity contribution is 7.89. The van der Waals surface area contributed by atoms with Gasteiger partial charge in [0.1, 0.15) is 5.76 Å². The van der Waals surface area contributed by atoms with Crippen LogP contribution in [0, 0.1) is 6.92 Å². The zero-order valence-corrected chi connectivity index (χ0v) is 12.1. The number of hydrogen-bond donors (Lipinski definition) is 1. The Bertz CT molecular complexity index is 826. The van der Waals surface area contributed by atoms with Crippen LogP contribution in [0.4, 0.5) is 5.69 Å². The van der Waals surface area contributed by atoms with Crippen molar-refractivity contribution in [1.82, 2.24) is 5.16 Å². The van der Waals surface area contributed by atoms with Crippen molar-refractivity contribution in [2.45, 2.75) is 18.2 Å². The van der Waals surface area contributed by atoms with Crippen molar-refractivity contribution in [1.29, 1.82) is 0 Å². The summed E-state index contributed by atoms with van der Waals surface area (Å²) in [5, 5.41) is 8.82. The van der Waals surface area contributed by atoms with Gasteiger partial charge >= 0.3 is 0 Å². The first-order valence-electron chi connectivity index (χ1n) is 6.27. The van der Waals surface area contributed by atoms with Gasteiger partial charge in [0.15, 0.2) is 5.69 Å². The summed E-state index contributed by atoms with van der Waals surface area (Å²) in [4.78, 5) is 14.0. The minimum Gasteiger partial charge on any atom is -0.361 e. The number of sulfonamides is 1. The van der Waals surface area contributed by atoms with Gasteiger partial charge in [0, 0.05) is 18.3 Å². The molecule has 0 spiro atoms. The fraction of sp³-hybridized carbons (Fsp3) is 0.231. The zero-order chi connectivity index (χ0) is 15.2. The standard InChI is InChI=1S/C13H13N3O4S/c1-8-6-11(15-20-8)13(17)16-5-4-9-7-10(21(14,18)19)2-3-12(9)16/h2-3,6-7H,4-5H2,1H3,(H2,14,18,19). The van der Waals surface area contributed by atoms with Crippen molar-refractivity contribution >= 4 is 21.6 Å². The lowest BCUT2D eigenvalue weighted by Gasteiger charge is -2.15. The van der Waals surface area contributed by atoms with E-state index in [1.54, 1.807) is 24.0 Å². The lowest BCUT2D eigenvalue weighted by atomic mass is 10.2. The van der Waals surface area contributed by atoms with E-state index < -0.39 is 10.0 Å². The van der Waals surface area contributed by atoms with Gasteiger partial charge in [-0.2, -0.15) is 0 Å². The van der Waals surface area contributed by atoms with E-state index in [0.29, 0.717) is 24.4 Å². The van der Waals surface area contributed by atoms with Crippen molar-refractivity contribution in [3.05, 3.63) is 41.3 Å². The van der Waals surface area contributed by atoms with E-state index in [1.807, 2.05) is 0 Å². The molecule has 0 aliphatic carbocycles. The van der Waals surface area contributed by atoms with Crippen LogP contribution in [0.5, 0.6) is 0 Å². The molecule has 0 saturated carbocycles. The first kappa shape index (κ1) is 13.8. The number of primary sulfonamides is 1. The van der Waals surface area contributed by atoms with Crippen molar-refractivity contribution in [3.63, 3.8) is 0 Å². The Balaban J connectivity index is 1.96. The zero-order valence-electron chi connectivity index (χ0n) is 11.2. The average molecular weight is 307 g/mol. The van der Waals surface area contributed by atoms with E-state index in [0.717, 1.165) is 5.56 Å². The number of carbonyl (C=O) groups is 1. The Morgan fingerprint density at radius 2 is 2.14 bits per heavy atom. The third-order valence-electron chi connectivity index (χ3n) is 3.37. The molecule has 0 fully saturated rings. The van der Waals surface area contributed by atoms with Gasteiger partial charge in [0.05, 0.1) is 4.90 Å². The molecule has 0 atom stereocenters. The summed E-state index contributed by atoms with van der Waals surface area (Å²) in [6.07, 6.45) is 0.571. The maximum Gasteiger partial charge on any atom is 0.280 e. The highest BCUT2D eigenvalue weighted by Crippen LogP contribution is 2.31. The van der Waals surface area contributed by atoms with Crippen LogP contribution in [-0.2, 0) is 16.4 Å². The molecular formula is C13H13N3O4S. The summed E-state index contributed by atoms with van der Waals surface area (Å²) in [5.74, 6) is 0.288. The third kappa shape index (κ3) is 2.43. The number of aromatic nitrogens is 1. The summed E-state index contributed by atoms with van der Waals surface area (Å²) in [7, 11) is -3.74. The van der Waals surface area contributed by atoms with E-state index in [1.165, 1.54) is 12.1 Å². The molecule has 1 aliphatic heterocycles. The monoisotopic (exact) mass is 307 g/mol. The highest BCUT2D eigenvalue weighted by Gasteiger charge is 2.28. The first-order valence-corrected chi connectivity index (χ1v) is 7.82. The van der Waals surface area contributed by atoms with Gasteiger partial charge in [-0.1, -0.05) is 5.16 Å². The molecule has 1 aromatic carbocycles. The Morgan fingerprint density at radius 3 is 2.76 bits per heavy atom. The number of nitrogens with zero attached hydrogens (tertiary/aromatic N) is 2. The quantitative estimate of drug-likeness (QED) is 0.884. The Hall–Kier alpha value is -2.19. The largest absolute Gasteiger partial charge is 0.361 e. The minimum absolute atomic E-state index is 0.0489. The fourth-order valence-electron chi connectivity index (χ4n) is 2.37. The average Bonchev–Trinajstić information content (AvgIpc) is 3.02. The smallest absolute Gasteiger partial charge is 0.280 e. The molecule has 7 nitrogen and oxygen atoms in total. The molecular weight excluding hydrogens is 294 g/mol. The Labute approximate surface area is 121 Å². The number of rotatable bonds is 2. The molecule has 0 bridgehead atoms. The number of anilines is 1. The van der Waals surface area contributed by atoms with Crippen LogP contribution in [-0.4, -0.2) is 26.0 Å². The molecule has 21 heavy (non-hydrogen) atoms. The number of aryl methyl sites for hydroxylation is 1. The first-order chi connectivity index (χ1) is 9.86.